The van der Waals surface area contributed by atoms with Crippen LogP contribution in [0.3, 0.4) is 0 Å². The standard InChI is InChI=1S/C29H31Cl2N5OS/c1-34(29(37)25-15-22(16-32)33-28-5-3-2-4-24(25)28)17-21(20-6-7-26(30)27(31)14-20)8-9-35-18-23(19-35)36-10-12-38-13-11-36/h2-7,14-15,21,23H,8-13,17-19H2,1H3. The van der Waals surface area contributed by atoms with Gasteiger partial charge in [0, 0.05) is 68.6 Å². The Morgan fingerprint density at radius 2 is 1.92 bits per heavy atom. The predicted molar refractivity (Wildman–Crippen MR) is 156 cm³/mol. The summed E-state index contributed by atoms with van der Waals surface area (Å²) in [6.45, 7) is 6.08. The minimum atomic E-state index is -0.128. The minimum absolute atomic E-state index is 0.0905. The molecule has 2 aliphatic rings. The lowest BCUT2D eigenvalue weighted by molar-refractivity contribution is 0.0371. The van der Waals surface area contributed by atoms with Crippen LogP contribution in [0.2, 0.25) is 10.0 Å². The molecule has 5 rings (SSSR count). The number of halogens is 2. The van der Waals surface area contributed by atoms with Gasteiger partial charge in [-0.3, -0.25) is 9.69 Å². The van der Waals surface area contributed by atoms with Gasteiger partial charge in [0.2, 0.25) is 0 Å². The zero-order valence-electron chi connectivity index (χ0n) is 21.4. The van der Waals surface area contributed by atoms with E-state index >= 15 is 0 Å². The largest absolute Gasteiger partial charge is 0.341 e. The van der Waals surface area contributed by atoms with Gasteiger partial charge in [0.25, 0.3) is 5.91 Å². The van der Waals surface area contributed by atoms with Crippen LogP contribution >= 0.6 is 35.0 Å². The molecule has 1 unspecified atom stereocenters. The van der Waals surface area contributed by atoms with Gasteiger partial charge < -0.3 is 9.80 Å². The predicted octanol–water partition coefficient (Wildman–Crippen LogP) is 5.39. The molecule has 0 radical (unpaired) electrons. The third-order valence-corrected chi connectivity index (χ3v) is 9.29. The molecule has 3 aromatic rings. The lowest BCUT2D eigenvalue weighted by atomic mass is 9.93. The Bertz CT molecular complexity index is 1350. The lowest BCUT2D eigenvalue weighted by Gasteiger charge is -2.47. The Morgan fingerprint density at radius 3 is 2.66 bits per heavy atom. The maximum Gasteiger partial charge on any atom is 0.254 e. The molecular formula is C29H31Cl2N5OS. The number of thioether (sulfide) groups is 1. The Morgan fingerprint density at radius 1 is 1.16 bits per heavy atom. The normalized spacial score (nSPS) is 17.6. The topological polar surface area (TPSA) is 63.5 Å². The van der Waals surface area contributed by atoms with Crippen LogP contribution in [0.25, 0.3) is 10.9 Å². The fraction of sp³-hybridized carbons (Fsp3) is 0.414. The number of hydrogen-bond donors (Lipinski definition) is 0. The van der Waals surface area contributed by atoms with Gasteiger partial charge in [0.1, 0.15) is 11.8 Å². The van der Waals surface area contributed by atoms with E-state index in [1.165, 1.54) is 24.6 Å². The summed E-state index contributed by atoms with van der Waals surface area (Å²) in [5.41, 5.74) is 2.44. The molecule has 38 heavy (non-hydrogen) atoms. The second-order valence-corrected chi connectivity index (χ2v) is 12.1. The van der Waals surface area contributed by atoms with Crippen LogP contribution < -0.4 is 0 Å². The molecule has 0 saturated carbocycles. The Kier molecular flexibility index (Phi) is 8.77. The third kappa shape index (κ3) is 6.11. The van der Waals surface area contributed by atoms with Crippen molar-refractivity contribution in [1.82, 2.24) is 19.7 Å². The molecule has 2 fully saturated rings. The molecule has 198 valence electrons. The SMILES string of the molecule is CN(CC(CCN1CC(N2CCSCC2)C1)c1ccc(Cl)c(Cl)c1)C(=O)c1cc(C#N)nc2ccccc12. The van der Waals surface area contributed by atoms with E-state index in [0.717, 1.165) is 37.0 Å². The summed E-state index contributed by atoms with van der Waals surface area (Å²) in [6.07, 6.45) is 0.901. The van der Waals surface area contributed by atoms with Crippen molar-refractivity contribution in [1.29, 1.82) is 5.26 Å². The Labute approximate surface area is 238 Å². The van der Waals surface area contributed by atoms with Gasteiger partial charge in [0.05, 0.1) is 21.1 Å². The van der Waals surface area contributed by atoms with E-state index < -0.39 is 0 Å². The number of amides is 1. The van der Waals surface area contributed by atoms with E-state index in [1.807, 2.05) is 61.3 Å². The number of para-hydroxylation sites is 1. The number of fused-ring (bicyclic) bond motifs is 1. The first kappa shape index (κ1) is 27.2. The number of likely N-dealkylation sites (tertiary alicyclic amines) is 1. The number of hydrogen-bond acceptors (Lipinski definition) is 6. The molecule has 1 atom stereocenters. The van der Waals surface area contributed by atoms with Crippen molar-refractivity contribution in [2.45, 2.75) is 18.4 Å². The van der Waals surface area contributed by atoms with Gasteiger partial charge >= 0.3 is 0 Å². The number of likely N-dealkylation sites (N-methyl/N-ethyl adjacent to an activating group) is 1. The number of benzene rings is 2. The number of carbonyl (C=O) groups is 1. The van der Waals surface area contributed by atoms with Gasteiger partial charge in [-0.25, -0.2) is 4.98 Å². The van der Waals surface area contributed by atoms with Crippen LogP contribution in [0.5, 0.6) is 0 Å². The second-order valence-electron chi connectivity index (χ2n) is 10.1. The monoisotopic (exact) mass is 567 g/mol. The summed E-state index contributed by atoms with van der Waals surface area (Å²) in [4.78, 5) is 24.9. The van der Waals surface area contributed by atoms with Crippen LogP contribution in [0.4, 0.5) is 0 Å². The van der Waals surface area contributed by atoms with Crippen molar-refractivity contribution in [3.63, 3.8) is 0 Å². The van der Waals surface area contributed by atoms with Crippen LogP contribution in [-0.2, 0) is 0 Å². The number of aromatic nitrogens is 1. The number of carbonyl (C=O) groups excluding carboxylic acids is 1. The zero-order chi connectivity index (χ0) is 26.6. The van der Waals surface area contributed by atoms with Crippen molar-refractivity contribution in [2.24, 2.45) is 0 Å². The van der Waals surface area contributed by atoms with Crippen LogP contribution in [0, 0.1) is 11.3 Å². The highest BCUT2D eigenvalue weighted by molar-refractivity contribution is 7.99. The molecule has 0 aliphatic carbocycles. The van der Waals surface area contributed by atoms with Gasteiger partial charge in [-0.05, 0) is 42.8 Å². The summed E-state index contributed by atoms with van der Waals surface area (Å²) in [5.74, 6) is 2.43. The van der Waals surface area contributed by atoms with Crippen molar-refractivity contribution < 1.29 is 4.79 Å². The highest BCUT2D eigenvalue weighted by Crippen LogP contribution is 2.30. The fourth-order valence-corrected chi connectivity index (χ4v) is 6.63. The van der Waals surface area contributed by atoms with Crippen LogP contribution in [0.15, 0.2) is 48.5 Å². The summed E-state index contributed by atoms with van der Waals surface area (Å²) in [6, 6.07) is 17.6. The van der Waals surface area contributed by atoms with E-state index in [4.69, 9.17) is 23.2 Å². The first-order valence-corrected chi connectivity index (χ1v) is 14.9. The first-order chi connectivity index (χ1) is 18.4. The maximum absolute atomic E-state index is 13.7. The number of rotatable bonds is 8. The number of nitriles is 1. The van der Waals surface area contributed by atoms with Crippen molar-refractivity contribution in [2.75, 3.05) is 57.8 Å². The lowest BCUT2D eigenvalue weighted by Crippen LogP contribution is -2.61. The van der Waals surface area contributed by atoms with E-state index in [1.54, 1.807) is 11.0 Å². The van der Waals surface area contributed by atoms with Crippen molar-refractivity contribution >= 4 is 51.8 Å². The molecule has 9 heteroatoms. The van der Waals surface area contributed by atoms with E-state index in [9.17, 15) is 10.1 Å². The van der Waals surface area contributed by atoms with Crippen molar-refractivity contribution in [3.05, 3.63) is 75.4 Å². The molecule has 0 N–H and O–H groups in total. The van der Waals surface area contributed by atoms with Gasteiger partial charge in [-0.15, -0.1) is 0 Å². The molecule has 2 aromatic carbocycles. The summed E-state index contributed by atoms with van der Waals surface area (Å²) in [5, 5.41) is 11.3. The van der Waals surface area contributed by atoms with Gasteiger partial charge in [0.15, 0.2) is 0 Å². The molecular weight excluding hydrogens is 537 g/mol. The van der Waals surface area contributed by atoms with Gasteiger partial charge in [-0.2, -0.15) is 17.0 Å². The summed E-state index contributed by atoms with van der Waals surface area (Å²) >= 11 is 14.6. The third-order valence-electron chi connectivity index (χ3n) is 7.61. The van der Waals surface area contributed by atoms with Crippen LogP contribution in [-0.4, -0.2) is 89.5 Å². The fourth-order valence-electron chi connectivity index (χ4n) is 5.40. The highest BCUT2D eigenvalue weighted by Gasteiger charge is 2.33. The zero-order valence-corrected chi connectivity index (χ0v) is 23.8. The molecule has 2 aliphatic heterocycles. The van der Waals surface area contributed by atoms with Crippen LogP contribution in [0.1, 0.15) is 34.0 Å². The molecule has 3 heterocycles. The maximum atomic E-state index is 13.7. The number of nitrogens with zero attached hydrogens (tertiary/aromatic N) is 5. The Balaban J connectivity index is 1.30. The minimum Gasteiger partial charge on any atom is -0.341 e. The number of pyridine rings is 1. The smallest absolute Gasteiger partial charge is 0.254 e. The van der Waals surface area contributed by atoms with Gasteiger partial charge in [-0.1, -0.05) is 47.5 Å². The highest BCUT2D eigenvalue weighted by atomic mass is 35.5. The van der Waals surface area contributed by atoms with Crippen molar-refractivity contribution in [3.8, 4) is 6.07 Å². The average Bonchev–Trinajstić information content (AvgIpc) is 2.92. The Hall–Kier alpha value is -2.34. The molecule has 2 saturated heterocycles. The molecule has 6 nitrogen and oxygen atoms in total. The average molecular weight is 569 g/mol. The second kappa shape index (κ2) is 12.2. The van der Waals surface area contributed by atoms with E-state index in [-0.39, 0.29) is 17.5 Å². The molecule has 1 aromatic heterocycles. The molecule has 1 amide bonds. The summed E-state index contributed by atoms with van der Waals surface area (Å²) in [7, 11) is 1.82. The first-order valence-electron chi connectivity index (χ1n) is 13.0. The summed E-state index contributed by atoms with van der Waals surface area (Å²) < 4.78 is 0. The molecule has 0 bridgehead atoms. The quantitative estimate of drug-likeness (QED) is 0.363. The van der Waals surface area contributed by atoms with E-state index in [2.05, 4.69) is 20.9 Å². The molecule has 0 spiro atoms. The van der Waals surface area contributed by atoms with E-state index in [0.29, 0.717) is 33.7 Å².